The molecule has 0 aromatic heterocycles. The highest BCUT2D eigenvalue weighted by Crippen LogP contribution is 2.20. The standard InChI is InChI=1S/C34H42N4O9/c1-9-11-23(10-2)22-44-30(40)35-20-21-43-26-16-12-24(13-17-26)28(39)45-27-18-14-25(15-19-27)36-29(37-31(41)46-33(3,4)5)38-32(42)47-34(6,7)8/h9-19H,1-2,20-22H2,3-8H3,(H,35,40)(H2,36,37,38,41,42)/b23-11+. The number of carbonyl (C=O) groups is 4. The average Bonchev–Trinajstić information content (AvgIpc) is 2.96. The Morgan fingerprint density at radius 3 is 1.85 bits per heavy atom. The van der Waals surface area contributed by atoms with Crippen LogP contribution in [0.3, 0.4) is 0 Å². The zero-order chi connectivity index (χ0) is 35.0. The molecule has 0 aliphatic heterocycles. The Bertz CT molecular complexity index is 1430. The summed E-state index contributed by atoms with van der Waals surface area (Å²) in [6, 6.07) is 12.3. The molecule has 0 saturated carbocycles. The molecule has 0 unspecified atom stereocenters. The third-order valence-electron chi connectivity index (χ3n) is 5.22. The first kappa shape index (κ1) is 37.6. The van der Waals surface area contributed by atoms with E-state index in [0.29, 0.717) is 17.0 Å². The molecule has 0 aliphatic rings. The number of ether oxygens (including phenoxy) is 5. The number of hydrogen-bond acceptors (Lipinski definition) is 10. The molecule has 0 saturated heterocycles. The Balaban J connectivity index is 1.94. The summed E-state index contributed by atoms with van der Waals surface area (Å²) in [7, 11) is 0. The van der Waals surface area contributed by atoms with E-state index in [1.807, 2.05) is 0 Å². The van der Waals surface area contributed by atoms with E-state index in [2.05, 4.69) is 34.1 Å². The molecular formula is C34H42N4O9. The number of amides is 3. The minimum atomic E-state index is -0.832. The minimum absolute atomic E-state index is 0.0689. The van der Waals surface area contributed by atoms with Crippen molar-refractivity contribution in [2.75, 3.05) is 19.8 Å². The molecule has 0 fully saturated rings. The summed E-state index contributed by atoms with van der Waals surface area (Å²) in [6.07, 6.45) is 2.58. The average molecular weight is 651 g/mol. The predicted octanol–water partition coefficient (Wildman–Crippen LogP) is 6.35. The van der Waals surface area contributed by atoms with E-state index in [0.717, 1.165) is 0 Å². The van der Waals surface area contributed by atoms with Gasteiger partial charge in [0.05, 0.1) is 17.8 Å². The highest BCUT2D eigenvalue weighted by atomic mass is 16.6. The SMILES string of the molecule is C=C/C=C(\C=C)COC(=O)NCCOc1ccc(C(=O)Oc2ccc(N=C(NC(=O)OC(C)(C)C)NC(=O)OC(C)(C)C)cc2)cc1. The van der Waals surface area contributed by atoms with E-state index in [1.54, 1.807) is 71.9 Å². The van der Waals surface area contributed by atoms with Crippen LogP contribution in [0.1, 0.15) is 51.9 Å². The lowest BCUT2D eigenvalue weighted by Gasteiger charge is -2.22. The summed E-state index contributed by atoms with van der Waals surface area (Å²) >= 11 is 0. The zero-order valence-electron chi connectivity index (χ0n) is 27.5. The van der Waals surface area contributed by atoms with Gasteiger partial charge in [-0.2, -0.15) is 0 Å². The molecule has 47 heavy (non-hydrogen) atoms. The van der Waals surface area contributed by atoms with Gasteiger partial charge in [0.15, 0.2) is 0 Å². The second-order valence-electron chi connectivity index (χ2n) is 11.7. The van der Waals surface area contributed by atoms with Crippen molar-refractivity contribution in [3.8, 4) is 11.5 Å². The number of esters is 1. The molecule has 13 heteroatoms. The van der Waals surface area contributed by atoms with Crippen molar-refractivity contribution in [1.82, 2.24) is 16.0 Å². The van der Waals surface area contributed by atoms with Crippen molar-refractivity contribution in [3.63, 3.8) is 0 Å². The molecule has 13 nitrogen and oxygen atoms in total. The van der Waals surface area contributed by atoms with E-state index in [4.69, 9.17) is 23.7 Å². The Morgan fingerprint density at radius 1 is 0.787 bits per heavy atom. The van der Waals surface area contributed by atoms with Crippen molar-refractivity contribution in [1.29, 1.82) is 0 Å². The number of hydrogen-bond donors (Lipinski definition) is 3. The second-order valence-corrected chi connectivity index (χ2v) is 11.7. The van der Waals surface area contributed by atoms with Crippen LogP contribution >= 0.6 is 0 Å². The van der Waals surface area contributed by atoms with E-state index in [-0.39, 0.29) is 37.0 Å². The second kappa shape index (κ2) is 17.8. The van der Waals surface area contributed by atoms with Crippen LogP contribution in [-0.2, 0) is 14.2 Å². The Kier molecular flexibility index (Phi) is 14.2. The van der Waals surface area contributed by atoms with Crippen LogP contribution in [-0.4, -0.2) is 61.2 Å². The first-order valence-corrected chi connectivity index (χ1v) is 14.6. The maximum Gasteiger partial charge on any atom is 0.414 e. The lowest BCUT2D eigenvalue weighted by molar-refractivity contribution is 0.0544. The van der Waals surface area contributed by atoms with Gasteiger partial charge in [-0.1, -0.05) is 31.4 Å². The van der Waals surface area contributed by atoms with Crippen molar-refractivity contribution in [3.05, 3.63) is 91.1 Å². The van der Waals surface area contributed by atoms with Crippen molar-refractivity contribution < 1.29 is 42.9 Å². The van der Waals surface area contributed by atoms with Crippen LogP contribution in [0, 0.1) is 0 Å². The fraction of sp³-hybridized carbons (Fsp3) is 0.324. The van der Waals surface area contributed by atoms with E-state index in [1.165, 1.54) is 36.4 Å². The molecule has 252 valence electrons. The third-order valence-corrected chi connectivity index (χ3v) is 5.22. The number of guanidine groups is 1. The number of benzene rings is 2. The van der Waals surface area contributed by atoms with Gasteiger partial charge >= 0.3 is 24.2 Å². The normalized spacial score (nSPS) is 11.2. The lowest BCUT2D eigenvalue weighted by Crippen LogP contribution is -2.47. The fourth-order valence-corrected chi connectivity index (χ4v) is 3.31. The lowest BCUT2D eigenvalue weighted by atomic mass is 10.2. The maximum atomic E-state index is 12.7. The fourth-order valence-electron chi connectivity index (χ4n) is 3.31. The summed E-state index contributed by atoms with van der Waals surface area (Å²) in [5.41, 5.74) is -0.257. The van der Waals surface area contributed by atoms with Gasteiger partial charge in [0.1, 0.15) is 35.9 Å². The molecule has 0 aliphatic carbocycles. The molecule has 2 rings (SSSR count). The molecule has 0 heterocycles. The van der Waals surface area contributed by atoms with Gasteiger partial charge in [-0.25, -0.2) is 24.2 Å². The minimum Gasteiger partial charge on any atom is -0.492 e. The van der Waals surface area contributed by atoms with Crippen LogP contribution in [0.25, 0.3) is 0 Å². The Morgan fingerprint density at radius 2 is 1.34 bits per heavy atom. The predicted molar refractivity (Wildman–Crippen MR) is 177 cm³/mol. The van der Waals surface area contributed by atoms with Crippen LogP contribution in [0.5, 0.6) is 11.5 Å². The van der Waals surface area contributed by atoms with Gasteiger partial charge in [-0.3, -0.25) is 10.6 Å². The van der Waals surface area contributed by atoms with Gasteiger partial charge in [0, 0.05) is 0 Å². The van der Waals surface area contributed by atoms with Crippen LogP contribution in [0.4, 0.5) is 20.1 Å². The Hall–Kier alpha value is -5.59. The number of alkyl carbamates (subject to hydrolysis) is 3. The number of carbonyl (C=O) groups excluding carboxylic acids is 4. The first-order valence-electron chi connectivity index (χ1n) is 14.6. The molecule has 0 bridgehead atoms. The highest BCUT2D eigenvalue weighted by molar-refractivity contribution is 6.02. The zero-order valence-corrected chi connectivity index (χ0v) is 27.5. The van der Waals surface area contributed by atoms with Gasteiger partial charge in [-0.15, -0.1) is 0 Å². The topological polar surface area (TPSA) is 163 Å². The number of aliphatic imine (C=N–C) groups is 1. The molecule has 2 aromatic carbocycles. The summed E-state index contributed by atoms with van der Waals surface area (Å²) in [4.78, 5) is 53.4. The van der Waals surface area contributed by atoms with Crippen LogP contribution < -0.4 is 25.4 Å². The highest BCUT2D eigenvalue weighted by Gasteiger charge is 2.21. The molecular weight excluding hydrogens is 608 g/mol. The molecule has 3 N–H and O–H groups in total. The summed E-state index contributed by atoms with van der Waals surface area (Å²) in [5, 5.41) is 7.37. The first-order chi connectivity index (χ1) is 22.1. The quantitative estimate of drug-likeness (QED) is 0.0479. The molecule has 2 aromatic rings. The molecule has 0 atom stereocenters. The summed E-state index contributed by atoms with van der Waals surface area (Å²) < 4.78 is 26.6. The van der Waals surface area contributed by atoms with E-state index < -0.39 is 35.5 Å². The Labute approximate surface area is 274 Å². The number of nitrogens with zero attached hydrogens (tertiary/aromatic N) is 1. The van der Waals surface area contributed by atoms with Crippen molar-refractivity contribution >= 4 is 35.9 Å². The number of nitrogens with one attached hydrogen (secondary N) is 3. The molecule has 0 radical (unpaired) electrons. The van der Waals surface area contributed by atoms with Crippen LogP contribution in [0.2, 0.25) is 0 Å². The third kappa shape index (κ3) is 15.8. The van der Waals surface area contributed by atoms with Gasteiger partial charge in [0.2, 0.25) is 5.96 Å². The summed E-state index contributed by atoms with van der Waals surface area (Å²) in [6.45, 7) is 17.8. The van der Waals surface area contributed by atoms with Gasteiger partial charge in [-0.05, 0) is 95.6 Å². The number of allylic oxidation sites excluding steroid dienone is 2. The summed E-state index contributed by atoms with van der Waals surface area (Å²) in [5.74, 6) is -0.123. The monoisotopic (exact) mass is 650 g/mol. The smallest absolute Gasteiger partial charge is 0.414 e. The maximum absolute atomic E-state index is 12.7. The van der Waals surface area contributed by atoms with Gasteiger partial charge in [0.25, 0.3) is 0 Å². The molecule has 0 spiro atoms. The van der Waals surface area contributed by atoms with Crippen LogP contribution in [0.15, 0.2) is 90.5 Å². The van der Waals surface area contributed by atoms with Crippen molar-refractivity contribution in [2.45, 2.75) is 52.7 Å². The van der Waals surface area contributed by atoms with Crippen molar-refractivity contribution in [2.24, 2.45) is 4.99 Å². The number of rotatable bonds is 11. The molecule has 3 amide bonds. The van der Waals surface area contributed by atoms with Gasteiger partial charge < -0.3 is 29.0 Å². The largest absolute Gasteiger partial charge is 0.492 e. The van der Waals surface area contributed by atoms with E-state index in [9.17, 15) is 19.2 Å². The van der Waals surface area contributed by atoms with E-state index >= 15 is 0 Å².